The summed E-state index contributed by atoms with van der Waals surface area (Å²) in [6, 6.07) is 5.91. The first-order valence-electron chi connectivity index (χ1n) is 8.14. The fourth-order valence-corrected chi connectivity index (χ4v) is 6.22. The highest BCUT2D eigenvalue weighted by molar-refractivity contribution is 7.91. The number of nitro benzene ring substituents is 1. The Labute approximate surface area is 170 Å². The van der Waals surface area contributed by atoms with E-state index in [-0.39, 0.29) is 27.9 Å². The van der Waals surface area contributed by atoms with E-state index >= 15 is 0 Å². The van der Waals surface area contributed by atoms with Crippen LogP contribution in [-0.2, 0) is 14.8 Å². The summed E-state index contributed by atoms with van der Waals surface area (Å²) in [7, 11) is -2.52. The van der Waals surface area contributed by atoms with E-state index in [1.807, 2.05) is 0 Å². The smallest absolute Gasteiger partial charge is 0.296 e. The van der Waals surface area contributed by atoms with E-state index in [1.54, 1.807) is 0 Å². The summed E-state index contributed by atoms with van der Waals surface area (Å²) in [5.41, 5.74) is -0.371. The number of anilines is 1. The quantitative estimate of drug-likeness (QED) is 0.539. The Bertz CT molecular complexity index is 1020. The van der Waals surface area contributed by atoms with Crippen molar-refractivity contribution in [2.24, 2.45) is 0 Å². The van der Waals surface area contributed by atoms with Gasteiger partial charge in [0.2, 0.25) is 5.91 Å². The number of hydrogen-bond donors (Lipinski definition) is 1. The standard InChI is InChI=1S/C16H16ClN3O6S2/c1-26-10-4-5-11(13(9-10)20(22)23)18-16(21)12-3-2-8-19(12)28(24,25)15-7-6-14(17)27-15/h4-7,9,12H,2-3,8H2,1H3,(H,18,21). The van der Waals surface area contributed by atoms with Crippen molar-refractivity contribution >= 4 is 50.2 Å². The maximum atomic E-state index is 12.8. The first kappa shape index (κ1) is 20.5. The van der Waals surface area contributed by atoms with E-state index in [9.17, 15) is 23.3 Å². The molecule has 0 bridgehead atoms. The molecule has 1 aromatic carbocycles. The van der Waals surface area contributed by atoms with E-state index in [2.05, 4.69) is 5.32 Å². The lowest BCUT2D eigenvalue weighted by Gasteiger charge is -2.22. The van der Waals surface area contributed by atoms with Crippen molar-refractivity contribution in [2.45, 2.75) is 23.1 Å². The third kappa shape index (κ3) is 3.97. The summed E-state index contributed by atoms with van der Waals surface area (Å²) in [5.74, 6) is -0.360. The van der Waals surface area contributed by atoms with Gasteiger partial charge in [0.25, 0.3) is 15.7 Å². The van der Waals surface area contributed by atoms with Crippen molar-refractivity contribution in [3.63, 3.8) is 0 Å². The first-order chi connectivity index (χ1) is 13.2. The monoisotopic (exact) mass is 445 g/mol. The van der Waals surface area contributed by atoms with Crippen LogP contribution in [-0.4, -0.2) is 43.2 Å². The molecule has 2 aromatic rings. The highest BCUT2D eigenvalue weighted by Gasteiger charge is 2.40. The molecule has 0 spiro atoms. The minimum absolute atomic E-state index is 0.0285. The van der Waals surface area contributed by atoms with E-state index in [4.69, 9.17) is 16.3 Å². The van der Waals surface area contributed by atoms with Gasteiger partial charge in [0.05, 0.1) is 22.4 Å². The molecule has 3 rings (SSSR count). The van der Waals surface area contributed by atoms with Crippen LogP contribution in [0.3, 0.4) is 0 Å². The number of halogens is 1. The Kier molecular flexibility index (Phi) is 5.89. The van der Waals surface area contributed by atoms with Gasteiger partial charge in [-0.05, 0) is 37.1 Å². The Morgan fingerprint density at radius 3 is 2.75 bits per heavy atom. The Hall–Kier alpha value is -2.21. The van der Waals surface area contributed by atoms with Gasteiger partial charge < -0.3 is 10.1 Å². The topological polar surface area (TPSA) is 119 Å². The highest BCUT2D eigenvalue weighted by atomic mass is 35.5. The molecule has 150 valence electrons. The van der Waals surface area contributed by atoms with Crippen molar-refractivity contribution in [3.05, 3.63) is 44.8 Å². The maximum Gasteiger partial charge on any atom is 0.296 e. The van der Waals surface area contributed by atoms with Crippen LogP contribution < -0.4 is 10.1 Å². The average Bonchev–Trinajstić information content (AvgIpc) is 3.31. The molecule has 1 fully saturated rings. The predicted molar refractivity (Wildman–Crippen MR) is 105 cm³/mol. The van der Waals surface area contributed by atoms with Crippen LogP contribution in [0.2, 0.25) is 4.34 Å². The summed E-state index contributed by atoms with van der Waals surface area (Å²) in [4.78, 5) is 23.4. The number of sulfonamides is 1. The van der Waals surface area contributed by atoms with E-state index < -0.39 is 26.9 Å². The zero-order valence-electron chi connectivity index (χ0n) is 14.6. The molecule has 1 N–H and O–H groups in total. The number of benzene rings is 1. The van der Waals surface area contributed by atoms with Gasteiger partial charge in [-0.2, -0.15) is 4.31 Å². The van der Waals surface area contributed by atoms with Gasteiger partial charge in [-0.1, -0.05) is 11.6 Å². The lowest BCUT2D eigenvalue weighted by Crippen LogP contribution is -2.42. The first-order valence-corrected chi connectivity index (χ1v) is 10.8. The van der Waals surface area contributed by atoms with Crippen molar-refractivity contribution in [1.29, 1.82) is 0 Å². The molecular formula is C16H16ClN3O6S2. The van der Waals surface area contributed by atoms with Crippen molar-refractivity contribution in [3.8, 4) is 5.75 Å². The van der Waals surface area contributed by atoms with Crippen LogP contribution in [0.25, 0.3) is 0 Å². The minimum atomic E-state index is -3.89. The van der Waals surface area contributed by atoms with E-state index in [1.165, 1.54) is 37.4 Å². The van der Waals surface area contributed by atoms with Gasteiger partial charge in [-0.25, -0.2) is 8.42 Å². The molecular weight excluding hydrogens is 430 g/mol. The van der Waals surface area contributed by atoms with Crippen LogP contribution >= 0.6 is 22.9 Å². The molecule has 0 aliphatic carbocycles. The normalized spacial score (nSPS) is 17.4. The Balaban J connectivity index is 1.85. The second kappa shape index (κ2) is 8.03. The zero-order chi connectivity index (χ0) is 20.5. The van der Waals surface area contributed by atoms with Gasteiger partial charge in [0.1, 0.15) is 21.7 Å². The number of rotatable bonds is 6. The number of carbonyl (C=O) groups is 1. The number of methoxy groups -OCH3 is 1. The Morgan fingerprint density at radius 2 is 2.14 bits per heavy atom. The van der Waals surface area contributed by atoms with Crippen molar-refractivity contribution in [2.75, 3.05) is 19.0 Å². The number of ether oxygens (including phenoxy) is 1. The van der Waals surface area contributed by atoms with E-state index in [0.29, 0.717) is 17.2 Å². The summed E-state index contributed by atoms with van der Waals surface area (Å²) in [6.45, 7) is 0.181. The van der Waals surface area contributed by atoms with E-state index in [0.717, 1.165) is 15.6 Å². The van der Waals surface area contributed by atoms with Crippen LogP contribution in [0, 0.1) is 10.1 Å². The molecule has 28 heavy (non-hydrogen) atoms. The molecule has 1 aromatic heterocycles. The fraction of sp³-hybridized carbons (Fsp3) is 0.312. The molecule has 12 heteroatoms. The van der Waals surface area contributed by atoms with Crippen LogP contribution in [0.4, 0.5) is 11.4 Å². The average molecular weight is 446 g/mol. The van der Waals surface area contributed by atoms with Crippen molar-refractivity contribution < 1.29 is 22.9 Å². The largest absolute Gasteiger partial charge is 0.496 e. The molecule has 1 unspecified atom stereocenters. The number of amides is 1. The number of nitro groups is 1. The number of carbonyl (C=O) groups excluding carboxylic acids is 1. The lowest BCUT2D eigenvalue weighted by atomic mass is 10.2. The maximum absolute atomic E-state index is 12.8. The molecule has 1 amide bonds. The highest BCUT2D eigenvalue weighted by Crippen LogP contribution is 2.34. The molecule has 0 radical (unpaired) electrons. The van der Waals surface area contributed by atoms with Gasteiger partial charge in [-0.15, -0.1) is 11.3 Å². The number of nitrogens with one attached hydrogen (secondary N) is 1. The molecule has 0 saturated carbocycles. The predicted octanol–water partition coefficient (Wildman–Crippen LogP) is 3.11. The minimum Gasteiger partial charge on any atom is -0.496 e. The molecule has 9 nitrogen and oxygen atoms in total. The number of nitrogens with zero attached hydrogens (tertiary/aromatic N) is 2. The van der Waals surface area contributed by atoms with Crippen molar-refractivity contribution in [1.82, 2.24) is 4.31 Å². The zero-order valence-corrected chi connectivity index (χ0v) is 17.0. The third-order valence-electron chi connectivity index (χ3n) is 4.28. The summed E-state index contributed by atoms with van der Waals surface area (Å²) in [6.07, 6.45) is 0.815. The van der Waals surface area contributed by atoms with Gasteiger partial charge >= 0.3 is 0 Å². The summed E-state index contributed by atoms with van der Waals surface area (Å²) >= 11 is 6.74. The van der Waals surface area contributed by atoms with Crippen LogP contribution in [0.5, 0.6) is 5.75 Å². The van der Waals surface area contributed by atoms with Gasteiger partial charge in [-0.3, -0.25) is 14.9 Å². The molecule has 1 atom stereocenters. The fourth-order valence-electron chi connectivity index (χ4n) is 2.95. The van der Waals surface area contributed by atoms with Crippen LogP contribution in [0.15, 0.2) is 34.5 Å². The molecule has 1 aliphatic rings. The number of hydrogen-bond acceptors (Lipinski definition) is 7. The Morgan fingerprint density at radius 1 is 1.39 bits per heavy atom. The summed E-state index contributed by atoms with van der Waals surface area (Å²) in [5, 5.41) is 13.8. The third-order valence-corrected chi connectivity index (χ3v) is 7.88. The number of thiophene rings is 1. The molecule has 2 heterocycles. The second-order valence-corrected chi connectivity index (χ2v) is 9.79. The van der Waals surface area contributed by atoms with Crippen LogP contribution in [0.1, 0.15) is 12.8 Å². The van der Waals surface area contributed by atoms with Gasteiger partial charge in [0.15, 0.2) is 0 Å². The molecule has 1 saturated heterocycles. The summed E-state index contributed by atoms with van der Waals surface area (Å²) < 4.78 is 32.1. The SMILES string of the molecule is COc1ccc(NC(=O)C2CCCN2S(=O)(=O)c2ccc(Cl)s2)c([N+](=O)[O-])c1. The lowest BCUT2D eigenvalue weighted by molar-refractivity contribution is -0.384. The van der Waals surface area contributed by atoms with Gasteiger partial charge in [0, 0.05) is 6.54 Å². The molecule has 1 aliphatic heterocycles. The second-order valence-electron chi connectivity index (χ2n) is 5.96.